The van der Waals surface area contributed by atoms with E-state index in [1.54, 1.807) is 37.4 Å². The molecule has 1 N–H and O–H groups in total. The van der Waals surface area contributed by atoms with E-state index in [1.165, 1.54) is 14.1 Å². The van der Waals surface area contributed by atoms with E-state index in [4.69, 9.17) is 9.47 Å². The number of anilines is 1. The Bertz CT molecular complexity index is 959. The van der Waals surface area contributed by atoms with Gasteiger partial charge in [-0.25, -0.2) is 4.31 Å². The van der Waals surface area contributed by atoms with Crippen LogP contribution in [0.1, 0.15) is 11.1 Å². The summed E-state index contributed by atoms with van der Waals surface area (Å²) in [7, 11) is 0.620. The molecule has 8 nitrogen and oxygen atoms in total. The molecule has 0 saturated heterocycles. The number of amides is 1. The molecule has 0 aliphatic heterocycles. The number of rotatable bonds is 10. The van der Waals surface area contributed by atoms with E-state index >= 15 is 0 Å². The molecule has 1 amide bonds. The summed E-state index contributed by atoms with van der Waals surface area (Å²) in [4.78, 5) is 12.5. The van der Waals surface area contributed by atoms with E-state index in [0.29, 0.717) is 11.4 Å². The van der Waals surface area contributed by atoms with Crippen LogP contribution in [0, 0.1) is 13.8 Å². The third-order valence-electron chi connectivity index (χ3n) is 4.41. The van der Waals surface area contributed by atoms with Gasteiger partial charge in [-0.2, -0.15) is 12.7 Å². The Morgan fingerprint density at radius 3 is 2.27 bits per heavy atom. The Morgan fingerprint density at radius 1 is 1.03 bits per heavy atom. The fourth-order valence-corrected chi connectivity index (χ4v) is 3.81. The van der Waals surface area contributed by atoms with Gasteiger partial charge in [-0.05, 0) is 55.3 Å². The standard InChI is InChI=1S/C21H29N3O5S/c1-16-6-7-17(2)20(14-16)24(30(26,27)23(3)4)15-21(25)22-12-13-29-19-10-8-18(28-5)9-11-19/h6-11,14H,12-13,15H2,1-5H3,(H,22,25). The number of hydrogen-bond donors (Lipinski definition) is 1. The summed E-state index contributed by atoms with van der Waals surface area (Å²) in [6.07, 6.45) is 0. The predicted molar refractivity (Wildman–Crippen MR) is 117 cm³/mol. The van der Waals surface area contributed by atoms with Gasteiger partial charge in [-0.15, -0.1) is 0 Å². The van der Waals surface area contributed by atoms with Crippen LogP contribution >= 0.6 is 0 Å². The highest BCUT2D eigenvalue weighted by molar-refractivity contribution is 7.90. The Labute approximate surface area is 178 Å². The molecule has 30 heavy (non-hydrogen) atoms. The van der Waals surface area contributed by atoms with Crippen molar-refractivity contribution < 1.29 is 22.7 Å². The molecule has 0 aromatic heterocycles. The molecule has 0 saturated carbocycles. The number of hydrogen-bond acceptors (Lipinski definition) is 5. The third kappa shape index (κ3) is 6.11. The van der Waals surface area contributed by atoms with Crippen molar-refractivity contribution in [2.45, 2.75) is 13.8 Å². The predicted octanol–water partition coefficient (Wildman–Crippen LogP) is 2.12. The van der Waals surface area contributed by atoms with Crippen molar-refractivity contribution >= 4 is 21.8 Å². The zero-order valence-electron chi connectivity index (χ0n) is 18.0. The smallest absolute Gasteiger partial charge is 0.304 e. The first-order valence-corrected chi connectivity index (χ1v) is 10.9. The largest absolute Gasteiger partial charge is 0.497 e. The van der Waals surface area contributed by atoms with Crippen molar-refractivity contribution in [3.63, 3.8) is 0 Å². The average Bonchev–Trinajstić information content (AvgIpc) is 2.71. The molecule has 2 aromatic rings. The molecule has 2 aromatic carbocycles. The van der Waals surface area contributed by atoms with Crippen LogP contribution in [0.2, 0.25) is 0 Å². The van der Waals surface area contributed by atoms with E-state index in [-0.39, 0.29) is 19.7 Å². The number of nitrogens with zero attached hydrogens (tertiary/aromatic N) is 2. The van der Waals surface area contributed by atoms with Gasteiger partial charge in [0, 0.05) is 14.1 Å². The van der Waals surface area contributed by atoms with Crippen LogP contribution in [0.15, 0.2) is 42.5 Å². The first kappa shape index (κ1) is 23.5. The second kappa shape index (κ2) is 10.3. The first-order chi connectivity index (χ1) is 14.1. The SMILES string of the molecule is COc1ccc(OCCNC(=O)CN(c2cc(C)ccc2C)S(=O)(=O)N(C)C)cc1. The molecule has 164 valence electrons. The quantitative estimate of drug-likeness (QED) is 0.578. The zero-order chi connectivity index (χ0) is 22.3. The van der Waals surface area contributed by atoms with Crippen LogP contribution < -0.4 is 19.1 Å². The molecular formula is C21H29N3O5S. The van der Waals surface area contributed by atoms with Crippen LogP contribution in [0.4, 0.5) is 5.69 Å². The van der Waals surface area contributed by atoms with Gasteiger partial charge in [0.2, 0.25) is 5.91 Å². The van der Waals surface area contributed by atoms with Gasteiger partial charge in [0.05, 0.1) is 19.3 Å². The Hall–Kier alpha value is -2.78. The van der Waals surface area contributed by atoms with Crippen molar-refractivity contribution in [1.82, 2.24) is 9.62 Å². The van der Waals surface area contributed by atoms with Gasteiger partial charge >= 0.3 is 10.2 Å². The molecule has 0 aliphatic carbocycles. The summed E-state index contributed by atoms with van der Waals surface area (Å²) >= 11 is 0. The lowest BCUT2D eigenvalue weighted by Crippen LogP contribution is -2.46. The molecule has 0 aliphatic rings. The number of carbonyl (C=O) groups is 1. The number of aryl methyl sites for hydroxylation is 2. The number of ether oxygens (including phenoxy) is 2. The van der Waals surface area contributed by atoms with E-state index in [1.807, 2.05) is 26.0 Å². The summed E-state index contributed by atoms with van der Waals surface area (Å²) in [5.41, 5.74) is 2.15. The van der Waals surface area contributed by atoms with Crippen molar-refractivity contribution in [3.8, 4) is 11.5 Å². The Kier molecular flexibility index (Phi) is 8.08. The normalized spacial score (nSPS) is 11.3. The van der Waals surface area contributed by atoms with Crippen LogP contribution in [-0.2, 0) is 15.0 Å². The topological polar surface area (TPSA) is 88.2 Å². The number of benzene rings is 2. The van der Waals surface area contributed by atoms with Crippen LogP contribution in [0.25, 0.3) is 0 Å². The highest BCUT2D eigenvalue weighted by Crippen LogP contribution is 2.25. The lowest BCUT2D eigenvalue weighted by molar-refractivity contribution is -0.119. The van der Waals surface area contributed by atoms with Gasteiger partial charge < -0.3 is 14.8 Å². The molecule has 0 fully saturated rings. The van der Waals surface area contributed by atoms with Gasteiger partial charge in [-0.1, -0.05) is 12.1 Å². The summed E-state index contributed by atoms with van der Waals surface area (Å²) in [5.74, 6) is 0.959. The maximum atomic E-state index is 12.8. The molecule has 0 radical (unpaired) electrons. The van der Waals surface area contributed by atoms with Gasteiger partial charge in [-0.3, -0.25) is 4.79 Å². The average molecular weight is 436 g/mol. The summed E-state index contributed by atoms with van der Waals surface area (Å²) in [6, 6.07) is 12.6. The fourth-order valence-electron chi connectivity index (χ4n) is 2.69. The minimum Gasteiger partial charge on any atom is -0.497 e. The van der Waals surface area contributed by atoms with Gasteiger partial charge in [0.1, 0.15) is 24.7 Å². The number of nitrogens with one attached hydrogen (secondary N) is 1. The van der Waals surface area contributed by atoms with Gasteiger partial charge in [0.15, 0.2) is 0 Å². The lowest BCUT2D eigenvalue weighted by Gasteiger charge is -2.28. The summed E-state index contributed by atoms with van der Waals surface area (Å²) < 4.78 is 38.5. The van der Waals surface area contributed by atoms with Gasteiger partial charge in [0.25, 0.3) is 0 Å². The first-order valence-electron chi connectivity index (χ1n) is 9.46. The molecule has 0 unspecified atom stereocenters. The fraction of sp³-hybridized carbons (Fsp3) is 0.381. The summed E-state index contributed by atoms with van der Waals surface area (Å²) in [5, 5.41) is 2.71. The van der Waals surface area contributed by atoms with E-state index < -0.39 is 16.1 Å². The second-order valence-electron chi connectivity index (χ2n) is 6.96. The highest BCUT2D eigenvalue weighted by atomic mass is 32.2. The van der Waals surface area contributed by atoms with Crippen molar-refractivity contribution in [3.05, 3.63) is 53.6 Å². The minimum absolute atomic E-state index is 0.244. The van der Waals surface area contributed by atoms with Crippen molar-refractivity contribution in [2.24, 2.45) is 0 Å². The van der Waals surface area contributed by atoms with Crippen molar-refractivity contribution in [1.29, 1.82) is 0 Å². The van der Waals surface area contributed by atoms with Crippen LogP contribution in [0.3, 0.4) is 0 Å². The molecule has 2 rings (SSSR count). The van der Waals surface area contributed by atoms with E-state index in [9.17, 15) is 13.2 Å². The monoisotopic (exact) mass is 435 g/mol. The highest BCUT2D eigenvalue weighted by Gasteiger charge is 2.28. The lowest BCUT2D eigenvalue weighted by atomic mass is 10.1. The maximum Gasteiger partial charge on any atom is 0.304 e. The zero-order valence-corrected chi connectivity index (χ0v) is 18.8. The second-order valence-corrected chi connectivity index (χ2v) is 9.03. The summed E-state index contributed by atoms with van der Waals surface area (Å²) in [6.45, 7) is 3.86. The number of carbonyl (C=O) groups excluding carboxylic acids is 1. The Balaban J connectivity index is 2.01. The Morgan fingerprint density at radius 2 is 1.67 bits per heavy atom. The minimum atomic E-state index is -3.84. The van der Waals surface area contributed by atoms with E-state index in [2.05, 4.69) is 5.32 Å². The number of methoxy groups -OCH3 is 1. The van der Waals surface area contributed by atoms with Crippen molar-refractivity contribution in [2.75, 3.05) is 45.2 Å². The molecular weight excluding hydrogens is 406 g/mol. The molecule has 0 heterocycles. The molecule has 9 heteroatoms. The van der Waals surface area contributed by atoms with Crippen LogP contribution in [-0.4, -0.2) is 59.5 Å². The third-order valence-corrected chi connectivity index (χ3v) is 6.22. The molecule has 0 bridgehead atoms. The molecule has 0 spiro atoms. The maximum absolute atomic E-state index is 12.8. The van der Waals surface area contributed by atoms with Crippen LogP contribution in [0.5, 0.6) is 11.5 Å². The van der Waals surface area contributed by atoms with E-state index in [0.717, 1.165) is 25.5 Å². The molecule has 0 atom stereocenters.